The monoisotopic (exact) mass is 306 g/mol. The Morgan fingerprint density at radius 2 is 2.14 bits per heavy atom. The summed E-state index contributed by atoms with van der Waals surface area (Å²) in [5.41, 5.74) is 1.35. The highest BCUT2D eigenvalue weighted by molar-refractivity contribution is 6.32. The van der Waals surface area contributed by atoms with E-state index < -0.39 is 0 Å². The lowest BCUT2D eigenvalue weighted by Crippen LogP contribution is -2.42. The summed E-state index contributed by atoms with van der Waals surface area (Å²) in [4.78, 5) is 16.3. The second kappa shape index (κ2) is 6.28. The maximum absolute atomic E-state index is 12.2. The summed E-state index contributed by atoms with van der Waals surface area (Å²) in [7, 11) is 0. The third-order valence-corrected chi connectivity index (χ3v) is 3.83. The van der Waals surface area contributed by atoms with Gasteiger partial charge >= 0.3 is 0 Å². The summed E-state index contributed by atoms with van der Waals surface area (Å²) in [6.07, 6.45) is 6.43. The standard InChI is InChI=1S/C15H15ClN2O3/c16-14-11(5-9-21-14)15(19)18-12-2-1-8-20-13(12)10-3-6-17-7-4-10/h3-7,9,12-13H,1-2,8H2,(H,18,19)/t12-,13+/m0/s1. The molecule has 6 heteroatoms. The van der Waals surface area contributed by atoms with E-state index in [-0.39, 0.29) is 23.3 Å². The molecule has 0 aliphatic carbocycles. The first-order valence-corrected chi connectivity index (χ1v) is 7.19. The van der Waals surface area contributed by atoms with Crippen molar-refractivity contribution in [2.75, 3.05) is 6.61 Å². The van der Waals surface area contributed by atoms with Crippen molar-refractivity contribution < 1.29 is 13.9 Å². The number of ether oxygens (including phenoxy) is 1. The molecule has 1 N–H and O–H groups in total. The van der Waals surface area contributed by atoms with Crippen molar-refractivity contribution in [2.45, 2.75) is 25.0 Å². The molecular formula is C15H15ClN2O3. The van der Waals surface area contributed by atoms with Crippen LogP contribution in [-0.2, 0) is 4.74 Å². The normalized spacial score (nSPS) is 22.0. The molecule has 3 rings (SSSR count). The lowest BCUT2D eigenvalue weighted by Gasteiger charge is -2.32. The highest BCUT2D eigenvalue weighted by atomic mass is 35.5. The number of amides is 1. The molecule has 0 radical (unpaired) electrons. The number of pyridine rings is 1. The van der Waals surface area contributed by atoms with E-state index in [2.05, 4.69) is 10.3 Å². The van der Waals surface area contributed by atoms with Crippen LogP contribution >= 0.6 is 11.6 Å². The molecule has 1 fully saturated rings. The fraction of sp³-hybridized carbons (Fsp3) is 0.333. The number of carbonyl (C=O) groups excluding carboxylic acids is 1. The van der Waals surface area contributed by atoms with Gasteiger partial charge in [-0.05, 0) is 48.2 Å². The molecule has 0 aromatic carbocycles. The van der Waals surface area contributed by atoms with Crippen LogP contribution in [0.5, 0.6) is 0 Å². The fourth-order valence-corrected chi connectivity index (χ4v) is 2.71. The molecule has 0 spiro atoms. The predicted molar refractivity (Wildman–Crippen MR) is 77.1 cm³/mol. The van der Waals surface area contributed by atoms with Gasteiger partial charge in [0, 0.05) is 19.0 Å². The number of carbonyl (C=O) groups is 1. The predicted octanol–water partition coefficient (Wildman–Crippen LogP) is 2.98. The van der Waals surface area contributed by atoms with Gasteiger partial charge in [0.05, 0.1) is 17.9 Å². The second-order valence-electron chi connectivity index (χ2n) is 4.90. The maximum Gasteiger partial charge on any atom is 0.256 e. The van der Waals surface area contributed by atoms with Crippen LogP contribution in [0.4, 0.5) is 0 Å². The van der Waals surface area contributed by atoms with Crippen LogP contribution in [0, 0.1) is 0 Å². The lowest BCUT2D eigenvalue weighted by molar-refractivity contribution is -0.00950. The quantitative estimate of drug-likeness (QED) is 0.947. The number of hydrogen-bond acceptors (Lipinski definition) is 4. The summed E-state index contributed by atoms with van der Waals surface area (Å²) in [6, 6.07) is 5.27. The lowest BCUT2D eigenvalue weighted by atomic mass is 9.96. The van der Waals surface area contributed by atoms with Gasteiger partial charge in [-0.15, -0.1) is 0 Å². The first-order valence-electron chi connectivity index (χ1n) is 6.81. The van der Waals surface area contributed by atoms with E-state index in [4.69, 9.17) is 20.8 Å². The Bertz CT molecular complexity index is 614. The van der Waals surface area contributed by atoms with Crippen molar-refractivity contribution in [3.05, 3.63) is 53.2 Å². The Kier molecular flexibility index (Phi) is 4.22. The second-order valence-corrected chi connectivity index (χ2v) is 5.25. The van der Waals surface area contributed by atoms with Gasteiger partial charge in [-0.25, -0.2) is 0 Å². The largest absolute Gasteiger partial charge is 0.452 e. The van der Waals surface area contributed by atoms with Gasteiger partial charge in [0.2, 0.25) is 5.22 Å². The summed E-state index contributed by atoms with van der Waals surface area (Å²) in [5.74, 6) is -0.247. The van der Waals surface area contributed by atoms with Crippen LogP contribution in [0.3, 0.4) is 0 Å². The molecule has 5 nitrogen and oxygen atoms in total. The Morgan fingerprint density at radius 1 is 1.33 bits per heavy atom. The summed E-state index contributed by atoms with van der Waals surface area (Å²) >= 11 is 5.84. The molecule has 1 saturated heterocycles. The molecule has 1 amide bonds. The summed E-state index contributed by atoms with van der Waals surface area (Å²) < 4.78 is 10.8. The van der Waals surface area contributed by atoms with Crippen LogP contribution in [0.2, 0.25) is 5.22 Å². The third-order valence-electron chi connectivity index (χ3n) is 3.54. The highest BCUT2D eigenvalue weighted by Gasteiger charge is 2.29. The number of rotatable bonds is 3. The average molecular weight is 307 g/mol. The van der Waals surface area contributed by atoms with Gasteiger partial charge in [-0.1, -0.05) is 0 Å². The Balaban J connectivity index is 1.76. The summed E-state index contributed by atoms with van der Waals surface area (Å²) in [6.45, 7) is 0.686. The van der Waals surface area contributed by atoms with Gasteiger partial charge < -0.3 is 14.5 Å². The number of aromatic nitrogens is 1. The Labute approximate surface area is 127 Å². The molecule has 0 bridgehead atoms. The zero-order valence-electron chi connectivity index (χ0n) is 11.3. The van der Waals surface area contributed by atoms with Gasteiger partial charge in [0.15, 0.2) is 0 Å². The number of furan rings is 1. The van der Waals surface area contributed by atoms with Gasteiger partial charge in [-0.3, -0.25) is 9.78 Å². The zero-order valence-corrected chi connectivity index (χ0v) is 12.0. The van der Waals surface area contributed by atoms with E-state index in [0.29, 0.717) is 12.2 Å². The molecule has 1 aliphatic rings. The van der Waals surface area contributed by atoms with Crippen molar-refractivity contribution in [3.63, 3.8) is 0 Å². The van der Waals surface area contributed by atoms with E-state index in [1.54, 1.807) is 18.5 Å². The Hall–Kier alpha value is -1.85. The zero-order chi connectivity index (χ0) is 14.7. The molecule has 0 unspecified atom stereocenters. The van der Waals surface area contributed by atoms with Crippen molar-refractivity contribution in [1.29, 1.82) is 0 Å². The SMILES string of the molecule is O=C(N[C@H]1CCCO[C@@H]1c1ccncc1)c1ccoc1Cl. The fourth-order valence-electron chi connectivity index (χ4n) is 2.51. The highest BCUT2D eigenvalue weighted by Crippen LogP contribution is 2.28. The Morgan fingerprint density at radius 3 is 2.86 bits per heavy atom. The van der Waals surface area contributed by atoms with Crippen LogP contribution in [0.15, 0.2) is 41.3 Å². The number of nitrogens with zero attached hydrogens (tertiary/aromatic N) is 1. The molecule has 1 aliphatic heterocycles. The van der Waals surface area contributed by atoms with Crippen molar-refractivity contribution in [3.8, 4) is 0 Å². The molecule has 2 aromatic heterocycles. The minimum Gasteiger partial charge on any atom is -0.452 e. The maximum atomic E-state index is 12.2. The van der Waals surface area contributed by atoms with Crippen LogP contribution in [0.1, 0.15) is 34.9 Å². The van der Waals surface area contributed by atoms with Gasteiger partial charge in [0.25, 0.3) is 5.91 Å². The average Bonchev–Trinajstić information content (AvgIpc) is 2.95. The van der Waals surface area contributed by atoms with Gasteiger partial charge in [0.1, 0.15) is 6.10 Å². The van der Waals surface area contributed by atoms with Crippen LogP contribution in [0.25, 0.3) is 0 Å². The minimum atomic E-state index is -0.247. The number of hydrogen-bond donors (Lipinski definition) is 1. The molecule has 110 valence electrons. The van der Waals surface area contributed by atoms with E-state index in [9.17, 15) is 4.79 Å². The first-order chi connectivity index (χ1) is 10.3. The van der Waals surface area contributed by atoms with E-state index in [1.807, 2.05) is 12.1 Å². The number of nitrogens with one attached hydrogen (secondary N) is 1. The molecule has 3 heterocycles. The smallest absolute Gasteiger partial charge is 0.256 e. The van der Waals surface area contributed by atoms with Crippen molar-refractivity contribution in [1.82, 2.24) is 10.3 Å². The molecule has 2 atom stereocenters. The van der Waals surface area contributed by atoms with E-state index in [1.165, 1.54) is 6.26 Å². The van der Waals surface area contributed by atoms with Gasteiger partial charge in [-0.2, -0.15) is 0 Å². The van der Waals surface area contributed by atoms with Crippen LogP contribution in [-0.4, -0.2) is 23.5 Å². The molecule has 0 saturated carbocycles. The third kappa shape index (κ3) is 3.09. The van der Waals surface area contributed by atoms with Crippen molar-refractivity contribution >= 4 is 17.5 Å². The first kappa shape index (κ1) is 14.1. The topological polar surface area (TPSA) is 64.4 Å². The van der Waals surface area contributed by atoms with E-state index in [0.717, 1.165) is 18.4 Å². The summed E-state index contributed by atoms with van der Waals surface area (Å²) in [5, 5.41) is 3.08. The molecule has 2 aromatic rings. The van der Waals surface area contributed by atoms with E-state index >= 15 is 0 Å². The van der Waals surface area contributed by atoms with Crippen LogP contribution < -0.4 is 5.32 Å². The minimum absolute atomic E-state index is 0.0976. The molecule has 21 heavy (non-hydrogen) atoms. The number of halogens is 1. The van der Waals surface area contributed by atoms with Crippen molar-refractivity contribution in [2.24, 2.45) is 0 Å². The molecular weight excluding hydrogens is 292 g/mol.